The Morgan fingerprint density at radius 1 is 1.26 bits per heavy atom. The monoisotopic (exact) mass is 338 g/mol. The molecule has 1 aromatic carbocycles. The van der Waals surface area contributed by atoms with Gasteiger partial charge in [0.2, 0.25) is 0 Å². The van der Waals surface area contributed by atoms with Crippen LogP contribution in [0.2, 0.25) is 0 Å². The lowest BCUT2D eigenvalue weighted by molar-refractivity contribution is 0.299. The number of aryl methyl sites for hydroxylation is 1. The molecule has 6 nitrogen and oxygen atoms in total. The number of nitrogens with zero attached hydrogens (tertiary/aromatic N) is 2. The van der Waals surface area contributed by atoms with E-state index in [1.807, 2.05) is 6.07 Å². The van der Waals surface area contributed by atoms with Gasteiger partial charge in [0, 0.05) is 39.8 Å². The van der Waals surface area contributed by atoms with Crippen molar-refractivity contribution in [1.82, 2.24) is 15.5 Å². The van der Waals surface area contributed by atoms with E-state index in [9.17, 15) is 8.42 Å². The number of guanidine groups is 1. The van der Waals surface area contributed by atoms with Crippen LogP contribution in [0.3, 0.4) is 0 Å². The maximum atomic E-state index is 11.4. The molecule has 0 unspecified atom stereocenters. The molecule has 0 spiro atoms. The molecule has 1 fully saturated rings. The van der Waals surface area contributed by atoms with Crippen LogP contribution in [0.4, 0.5) is 0 Å². The van der Waals surface area contributed by atoms with E-state index in [1.54, 1.807) is 7.05 Å². The van der Waals surface area contributed by atoms with Crippen LogP contribution >= 0.6 is 0 Å². The maximum absolute atomic E-state index is 11.4. The van der Waals surface area contributed by atoms with E-state index >= 15 is 0 Å². The Balaban J connectivity index is 1.69. The molecular weight excluding hydrogens is 312 g/mol. The highest BCUT2D eigenvalue weighted by Crippen LogP contribution is 2.03. The average Bonchev–Trinajstić information content (AvgIpc) is 2.52. The molecular formula is C16H26N4O2S. The molecule has 0 bridgehead atoms. The molecule has 0 aliphatic carbocycles. The summed E-state index contributed by atoms with van der Waals surface area (Å²) >= 11 is 0. The first-order valence-corrected chi connectivity index (χ1v) is 9.73. The quantitative estimate of drug-likeness (QED) is 0.600. The Kier molecular flexibility index (Phi) is 6.41. The minimum Gasteiger partial charge on any atom is -0.355 e. The van der Waals surface area contributed by atoms with Gasteiger partial charge in [-0.2, -0.15) is 0 Å². The van der Waals surface area contributed by atoms with E-state index in [-0.39, 0.29) is 11.5 Å². The Labute approximate surface area is 138 Å². The number of aliphatic imine (C=N–C) groups is 1. The van der Waals surface area contributed by atoms with Crippen LogP contribution < -0.4 is 10.6 Å². The molecule has 1 aliphatic rings. The van der Waals surface area contributed by atoms with Gasteiger partial charge in [-0.1, -0.05) is 29.8 Å². The lowest BCUT2D eigenvalue weighted by atomic mass is 10.1. The van der Waals surface area contributed by atoms with Crippen LogP contribution in [-0.2, 0) is 16.4 Å². The highest BCUT2D eigenvalue weighted by molar-refractivity contribution is 7.91. The first kappa shape index (κ1) is 17.7. The highest BCUT2D eigenvalue weighted by atomic mass is 32.2. The number of nitrogens with one attached hydrogen (secondary N) is 2. The summed E-state index contributed by atoms with van der Waals surface area (Å²) in [4.78, 5) is 6.38. The van der Waals surface area contributed by atoms with Gasteiger partial charge in [0.25, 0.3) is 0 Å². The van der Waals surface area contributed by atoms with Crippen molar-refractivity contribution in [3.05, 3.63) is 35.4 Å². The Morgan fingerprint density at radius 2 is 2.00 bits per heavy atom. The summed E-state index contributed by atoms with van der Waals surface area (Å²) in [5, 5.41) is 6.56. The van der Waals surface area contributed by atoms with Gasteiger partial charge in [-0.3, -0.25) is 9.89 Å². The Bertz CT molecular complexity index is 629. The largest absolute Gasteiger partial charge is 0.355 e. The summed E-state index contributed by atoms with van der Waals surface area (Å²) < 4.78 is 22.8. The lowest BCUT2D eigenvalue weighted by Gasteiger charge is -2.26. The molecule has 7 heteroatoms. The van der Waals surface area contributed by atoms with E-state index in [0.717, 1.165) is 25.6 Å². The SMILES string of the molecule is CN=C(NCCN1CCS(=O)(=O)CC1)NCc1cccc(C)c1. The number of hydrogen-bond donors (Lipinski definition) is 2. The number of rotatable bonds is 5. The van der Waals surface area contributed by atoms with Crippen LogP contribution in [-0.4, -0.2) is 64.0 Å². The molecule has 0 amide bonds. The molecule has 23 heavy (non-hydrogen) atoms. The molecule has 0 radical (unpaired) electrons. The van der Waals surface area contributed by atoms with E-state index in [0.29, 0.717) is 13.1 Å². The normalized spacial score (nSPS) is 18.6. The van der Waals surface area contributed by atoms with Crippen molar-refractivity contribution in [2.24, 2.45) is 4.99 Å². The first-order chi connectivity index (χ1) is 11.0. The van der Waals surface area contributed by atoms with Crippen molar-refractivity contribution < 1.29 is 8.42 Å². The third kappa shape index (κ3) is 6.19. The summed E-state index contributed by atoms with van der Waals surface area (Å²) in [6, 6.07) is 8.36. The van der Waals surface area contributed by atoms with E-state index in [2.05, 4.69) is 45.6 Å². The summed E-state index contributed by atoms with van der Waals surface area (Å²) in [6.45, 7) is 5.62. The van der Waals surface area contributed by atoms with Crippen LogP contribution in [0.25, 0.3) is 0 Å². The molecule has 2 rings (SSSR count). The van der Waals surface area contributed by atoms with Crippen molar-refractivity contribution in [2.75, 3.05) is 44.7 Å². The topological polar surface area (TPSA) is 73.8 Å². The standard InChI is InChI=1S/C16H26N4O2S/c1-14-4-3-5-15(12-14)13-19-16(17-2)18-6-7-20-8-10-23(21,22)11-9-20/h3-5,12H,6-11,13H2,1-2H3,(H2,17,18,19). The third-order valence-electron chi connectivity index (χ3n) is 3.92. The smallest absolute Gasteiger partial charge is 0.191 e. The fourth-order valence-electron chi connectivity index (χ4n) is 2.53. The van der Waals surface area contributed by atoms with Crippen molar-refractivity contribution >= 4 is 15.8 Å². The van der Waals surface area contributed by atoms with Gasteiger partial charge in [-0.05, 0) is 12.5 Å². The predicted molar refractivity (Wildman–Crippen MR) is 94.5 cm³/mol. The lowest BCUT2D eigenvalue weighted by Crippen LogP contribution is -2.45. The molecule has 1 saturated heterocycles. The van der Waals surface area contributed by atoms with E-state index in [1.165, 1.54) is 11.1 Å². The predicted octanol–water partition coefficient (Wildman–Crippen LogP) is 0.390. The zero-order chi connectivity index (χ0) is 16.7. The van der Waals surface area contributed by atoms with Gasteiger partial charge in [0.05, 0.1) is 11.5 Å². The molecule has 1 heterocycles. The van der Waals surface area contributed by atoms with Gasteiger partial charge in [0.15, 0.2) is 15.8 Å². The summed E-state index contributed by atoms with van der Waals surface area (Å²) in [5.74, 6) is 1.30. The second-order valence-corrected chi connectivity index (χ2v) is 8.14. The summed E-state index contributed by atoms with van der Waals surface area (Å²) in [7, 11) is -1.05. The van der Waals surface area contributed by atoms with Gasteiger partial charge < -0.3 is 10.6 Å². The van der Waals surface area contributed by atoms with Crippen LogP contribution in [0, 0.1) is 6.92 Å². The second kappa shape index (κ2) is 8.31. The first-order valence-electron chi connectivity index (χ1n) is 7.91. The van der Waals surface area contributed by atoms with Gasteiger partial charge in [0.1, 0.15) is 0 Å². The number of benzene rings is 1. The molecule has 1 aliphatic heterocycles. The van der Waals surface area contributed by atoms with Crippen LogP contribution in [0.5, 0.6) is 0 Å². The van der Waals surface area contributed by atoms with E-state index < -0.39 is 9.84 Å². The van der Waals surface area contributed by atoms with Crippen LogP contribution in [0.15, 0.2) is 29.3 Å². The Morgan fingerprint density at radius 3 is 2.65 bits per heavy atom. The minimum atomic E-state index is -2.80. The zero-order valence-corrected chi connectivity index (χ0v) is 14.7. The summed E-state index contributed by atoms with van der Waals surface area (Å²) in [5.41, 5.74) is 2.46. The van der Waals surface area contributed by atoms with Gasteiger partial charge >= 0.3 is 0 Å². The fourth-order valence-corrected chi connectivity index (χ4v) is 3.81. The molecule has 0 saturated carbocycles. The number of hydrogen-bond acceptors (Lipinski definition) is 4. The summed E-state index contributed by atoms with van der Waals surface area (Å²) in [6.07, 6.45) is 0. The zero-order valence-electron chi connectivity index (χ0n) is 13.9. The van der Waals surface area contributed by atoms with Crippen molar-refractivity contribution in [1.29, 1.82) is 0 Å². The Hall–Kier alpha value is -1.60. The molecule has 1 aromatic rings. The molecule has 0 atom stereocenters. The van der Waals surface area contributed by atoms with Gasteiger partial charge in [-0.25, -0.2) is 8.42 Å². The molecule has 0 aromatic heterocycles. The maximum Gasteiger partial charge on any atom is 0.191 e. The minimum absolute atomic E-state index is 0.271. The average molecular weight is 338 g/mol. The number of sulfone groups is 1. The van der Waals surface area contributed by atoms with Crippen molar-refractivity contribution in [3.63, 3.8) is 0 Å². The third-order valence-corrected chi connectivity index (χ3v) is 5.53. The van der Waals surface area contributed by atoms with E-state index in [4.69, 9.17) is 0 Å². The second-order valence-electron chi connectivity index (χ2n) is 5.84. The molecule has 2 N–H and O–H groups in total. The fraction of sp³-hybridized carbons (Fsp3) is 0.562. The van der Waals surface area contributed by atoms with Crippen molar-refractivity contribution in [2.45, 2.75) is 13.5 Å². The van der Waals surface area contributed by atoms with Gasteiger partial charge in [-0.15, -0.1) is 0 Å². The molecule has 128 valence electrons. The van der Waals surface area contributed by atoms with Crippen LogP contribution in [0.1, 0.15) is 11.1 Å². The highest BCUT2D eigenvalue weighted by Gasteiger charge is 2.20. The van der Waals surface area contributed by atoms with Crippen molar-refractivity contribution in [3.8, 4) is 0 Å².